The first-order chi connectivity index (χ1) is 8.88. The van der Waals surface area contributed by atoms with E-state index in [9.17, 15) is 14.4 Å². The summed E-state index contributed by atoms with van der Waals surface area (Å²) in [5.74, 6) is -3.26. The summed E-state index contributed by atoms with van der Waals surface area (Å²) in [6.45, 7) is 0. The van der Waals surface area contributed by atoms with Crippen LogP contribution in [-0.4, -0.2) is 34.1 Å². The van der Waals surface area contributed by atoms with E-state index < -0.39 is 30.3 Å². The molecule has 0 aromatic heterocycles. The van der Waals surface area contributed by atoms with Crippen molar-refractivity contribution in [3.05, 3.63) is 34.9 Å². The van der Waals surface area contributed by atoms with Gasteiger partial charge in [-0.15, -0.1) is 0 Å². The Kier molecular flexibility index (Phi) is 5.32. The van der Waals surface area contributed by atoms with E-state index in [1.54, 1.807) is 24.3 Å². The molecule has 0 saturated carbocycles. The van der Waals surface area contributed by atoms with Gasteiger partial charge < -0.3 is 15.5 Å². The van der Waals surface area contributed by atoms with Crippen LogP contribution in [0.2, 0.25) is 5.02 Å². The first-order valence-electron chi connectivity index (χ1n) is 5.37. The molecule has 0 unspecified atom stereocenters. The van der Waals surface area contributed by atoms with Crippen LogP contribution >= 0.6 is 11.6 Å². The fourth-order valence-corrected chi connectivity index (χ4v) is 1.67. The Hall–Kier alpha value is -2.08. The van der Waals surface area contributed by atoms with Gasteiger partial charge in [0.25, 0.3) is 0 Å². The summed E-state index contributed by atoms with van der Waals surface area (Å²) < 4.78 is 0. The summed E-state index contributed by atoms with van der Waals surface area (Å²) in [4.78, 5) is 32.9. The average Bonchev–Trinajstić information content (AvgIpc) is 2.27. The molecule has 1 aromatic rings. The van der Waals surface area contributed by atoms with E-state index in [4.69, 9.17) is 21.8 Å². The van der Waals surface area contributed by atoms with Crippen molar-refractivity contribution in [1.29, 1.82) is 0 Å². The molecular weight excluding hydrogens is 274 g/mol. The van der Waals surface area contributed by atoms with Gasteiger partial charge in [0.1, 0.15) is 6.04 Å². The SMILES string of the molecule is O=C(O)C[C@@H](NC(=O)Cc1cccc(Cl)c1)C(=O)O. The molecular formula is C12H12ClNO5. The molecule has 6 nitrogen and oxygen atoms in total. The highest BCUT2D eigenvalue weighted by molar-refractivity contribution is 6.30. The lowest BCUT2D eigenvalue weighted by Gasteiger charge is -2.12. The average molecular weight is 286 g/mol. The van der Waals surface area contributed by atoms with Crippen LogP contribution in [0.3, 0.4) is 0 Å². The lowest BCUT2D eigenvalue weighted by atomic mass is 10.1. The Labute approximate surface area is 114 Å². The summed E-state index contributed by atoms with van der Waals surface area (Å²) in [7, 11) is 0. The Bertz CT molecular complexity index is 503. The normalized spacial score (nSPS) is 11.6. The number of hydrogen-bond acceptors (Lipinski definition) is 3. The quantitative estimate of drug-likeness (QED) is 0.721. The molecule has 7 heteroatoms. The van der Waals surface area contributed by atoms with Crippen molar-refractivity contribution in [2.24, 2.45) is 0 Å². The zero-order valence-corrected chi connectivity index (χ0v) is 10.6. The second kappa shape index (κ2) is 6.75. The van der Waals surface area contributed by atoms with Crippen LogP contribution < -0.4 is 5.32 Å². The van der Waals surface area contributed by atoms with Gasteiger partial charge in [-0.2, -0.15) is 0 Å². The van der Waals surface area contributed by atoms with Crippen molar-refractivity contribution >= 4 is 29.4 Å². The number of carboxylic acids is 2. The van der Waals surface area contributed by atoms with Gasteiger partial charge in [-0.05, 0) is 17.7 Å². The van der Waals surface area contributed by atoms with Crippen LogP contribution in [0, 0.1) is 0 Å². The highest BCUT2D eigenvalue weighted by Gasteiger charge is 2.22. The first kappa shape index (κ1) is 15.0. The molecule has 0 spiro atoms. The number of nitrogens with one attached hydrogen (secondary N) is 1. The number of hydrogen-bond donors (Lipinski definition) is 3. The number of rotatable bonds is 6. The van der Waals surface area contributed by atoms with E-state index in [0.717, 1.165) is 0 Å². The van der Waals surface area contributed by atoms with E-state index in [-0.39, 0.29) is 6.42 Å². The van der Waals surface area contributed by atoms with E-state index >= 15 is 0 Å². The number of carbonyl (C=O) groups is 3. The Morgan fingerprint density at radius 1 is 1.26 bits per heavy atom. The van der Waals surface area contributed by atoms with Crippen LogP contribution in [0.5, 0.6) is 0 Å². The zero-order valence-electron chi connectivity index (χ0n) is 9.80. The standard InChI is InChI=1S/C12H12ClNO5/c13-8-3-1-2-7(4-8)5-10(15)14-9(12(18)19)6-11(16)17/h1-4,9H,5-6H2,(H,14,15)(H,16,17)(H,18,19)/t9-/m1/s1. The Morgan fingerprint density at radius 2 is 1.95 bits per heavy atom. The molecule has 0 fully saturated rings. The van der Waals surface area contributed by atoms with Crippen LogP contribution in [-0.2, 0) is 20.8 Å². The maximum absolute atomic E-state index is 11.6. The summed E-state index contributed by atoms with van der Waals surface area (Å²) in [6.07, 6.45) is -0.736. The van der Waals surface area contributed by atoms with Crippen LogP contribution in [0.1, 0.15) is 12.0 Å². The summed E-state index contributed by atoms with van der Waals surface area (Å²) in [5.41, 5.74) is 0.615. The third-order valence-electron chi connectivity index (χ3n) is 2.27. The second-order valence-electron chi connectivity index (χ2n) is 3.86. The largest absolute Gasteiger partial charge is 0.481 e. The van der Waals surface area contributed by atoms with Gasteiger partial charge in [-0.3, -0.25) is 9.59 Å². The smallest absolute Gasteiger partial charge is 0.326 e. The number of carbonyl (C=O) groups excluding carboxylic acids is 1. The van der Waals surface area contributed by atoms with Crippen molar-refractivity contribution in [2.75, 3.05) is 0 Å². The monoisotopic (exact) mass is 285 g/mol. The van der Waals surface area contributed by atoms with Crippen molar-refractivity contribution in [3.63, 3.8) is 0 Å². The van der Waals surface area contributed by atoms with Crippen molar-refractivity contribution in [2.45, 2.75) is 18.9 Å². The van der Waals surface area contributed by atoms with Crippen molar-refractivity contribution in [3.8, 4) is 0 Å². The fourth-order valence-electron chi connectivity index (χ4n) is 1.45. The maximum Gasteiger partial charge on any atom is 0.326 e. The summed E-state index contributed by atoms with van der Waals surface area (Å²) in [5, 5.41) is 19.9. The third-order valence-corrected chi connectivity index (χ3v) is 2.50. The van der Waals surface area contributed by atoms with Gasteiger partial charge >= 0.3 is 11.9 Å². The van der Waals surface area contributed by atoms with Crippen LogP contribution in [0.4, 0.5) is 0 Å². The number of amides is 1. The molecule has 0 saturated heterocycles. The van der Waals surface area contributed by atoms with Crippen molar-refractivity contribution < 1.29 is 24.6 Å². The molecule has 0 bridgehead atoms. The minimum Gasteiger partial charge on any atom is -0.481 e. The second-order valence-corrected chi connectivity index (χ2v) is 4.30. The molecule has 102 valence electrons. The molecule has 1 rings (SSSR count). The van der Waals surface area contributed by atoms with Crippen molar-refractivity contribution in [1.82, 2.24) is 5.32 Å². The third kappa shape index (κ3) is 5.39. The molecule has 19 heavy (non-hydrogen) atoms. The molecule has 1 amide bonds. The van der Waals surface area contributed by atoms with Crippen LogP contribution in [0.25, 0.3) is 0 Å². The minimum absolute atomic E-state index is 0.0655. The molecule has 0 aliphatic rings. The highest BCUT2D eigenvalue weighted by Crippen LogP contribution is 2.11. The minimum atomic E-state index is -1.44. The number of benzene rings is 1. The highest BCUT2D eigenvalue weighted by atomic mass is 35.5. The predicted molar refractivity (Wildman–Crippen MR) is 67.0 cm³/mol. The molecule has 0 radical (unpaired) electrons. The molecule has 1 atom stereocenters. The van der Waals surface area contributed by atoms with Gasteiger partial charge in [0.2, 0.25) is 5.91 Å². The number of aliphatic carboxylic acids is 2. The topological polar surface area (TPSA) is 104 Å². The molecule has 3 N–H and O–H groups in total. The van der Waals surface area contributed by atoms with E-state index in [1.165, 1.54) is 0 Å². The number of halogens is 1. The van der Waals surface area contributed by atoms with E-state index in [0.29, 0.717) is 10.6 Å². The number of carboxylic acid groups (broad SMARTS) is 2. The molecule has 1 aromatic carbocycles. The molecule has 0 heterocycles. The Morgan fingerprint density at radius 3 is 2.47 bits per heavy atom. The van der Waals surface area contributed by atoms with Gasteiger partial charge in [0, 0.05) is 5.02 Å². The first-order valence-corrected chi connectivity index (χ1v) is 5.74. The predicted octanol–water partition coefficient (Wildman–Crippen LogP) is 0.927. The summed E-state index contributed by atoms with van der Waals surface area (Å²) >= 11 is 5.75. The van der Waals surface area contributed by atoms with Gasteiger partial charge in [0.15, 0.2) is 0 Å². The molecule has 0 aliphatic heterocycles. The van der Waals surface area contributed by atoms with Gasteiger partial charge in [0.05, 0.1) is 12.8 Å². The maximum atomic E-state index is 11.6. The lowest BCUT2D eigenvalue weighted by molar-refractivity contribution is -0.147. The van der Waals surface area contributed by atoms with E-state index in [2.05, 4.69) is 5.32 Å². The van der Waals surface area contributed by atoms with E-state index in [1.807, 2.05) is 0 Å². The summed E-state index contributed by atoms with van der Waals surface area (Å²) in [6, 6.07) is 5.11. The Balaban J connectivity index is 2.62. The molecule has 0 aliphatic carbocycles. The van der Waals surface area contributed by atoms with Gasteiger partial charge in [-0.1, -0.05) is 23.7 Å². The fraction of sp³-hybridized carbons (Fsp3) is 0.250. The lowest BCUT2D eigenvalue weighted by Crippen LogP contribution is -2.42. The van der Waals surface area contributed by atoms with Crippen LogP contribution in [0.15, 0.2) is 24.3 Å². The van der Waals surface area contributed by atoms with Gasteiger partial charge in [-0.25, -0.2) is 4.79 Å². The zero-order chi connectivity index (χ0) is 14.4.